The summed E-state index contributed by atoms with van der Waals surface area (Å²) in [6.07, 6.45) is -4.63. The largest absolute Gasteiger partial charge is 0.417 e. The molecule has 1 heterocycles. The Hall–Kier alpha value is -3.91. The molecule has 1 aromatic heterocycles. The molecule has 5 nitrogen and oxygen atoms in total. The van der Waals surface area contributed by atoms with Crippen LogP contribution in [0.5, 0.6) is 0 Å². The van der Waals surface area contributed by atoms with Crippen molar-refractivity contribution in [2.45, 2.75) is 13.1 Å². The van der Waals surface area contributed by atoms with Crippen LogP contribution < -0.4 is 10.6 Å². The highest BCUT2D eigenvalue weighted by Gasteiger charge is 2.33. The predicted molar refractivity (Wildman–Crippen MR) is 126 cm³/mol. The first-order chi connectivity index (χ1) is 16.2. The SMILES string of the molecule is Cc1nc(Nc2cccc(C(=O)Nc3ccc(Cl)c(C(F)(F)F)c3)c2)cc(-c2ccccc2)n1. The van der Waals surface area contributed by atoms with Gasteiger partial charge in [0.25, 0.3) is 5.91 Å². The van der Waals surface area contributed by atoms with Gasteiger partial charge in [-0.1, -0.05) is 48.0 Å². The molecule has 0 bridgehead atoms. The smallest absolute Gasteiger partial charge is 0.340 e. The van der Waals surface area contributed by atoms with E-state index in [9.17, 15) is 18.0 Å². The number of carbonyl (C=O) groups is 1. The number of rotatable bonds is 5. The van der Waals surface area contributed by atoms with E-state index >= 15 is 0 Å². The van der Waals surface area contributed by atoms with E-state index in [2.05, 4.69) is 20.6 Å². The molecule has 1 amide bonds. The molecule has 0 unspecified atom stereocenters. The van der Waals surface area contributed by atoms with Crippen LogP contribution in [0.4, 0.5) is 30.4 Å². The number of aromatic nitrogens is 2. The fourth-order valence-electron chi connectivity index (χ4n) is 3.30. The number of nitrogens with one attached hydrogen (secondary N) is 2. The lowest BCUT2D eigenvalue weighted by atomic mass is 10.1. The van der Waals surface area contributed by atoms with Crippen molar-refractivity contribution >= 4 is 34.7 Å². The molecule has 0 radical (unpaired) electrons. The molecule has 2 N–H and O–H groups in total. The van der Waals surface area contributed by atoms with Crippen LogP contribution in [0, 0.1) is 6.92 Å². The van der Waals surface area contributed by atoms with Gasteiger partial charge in [-0.05, 0) is 43.3 Å². The van der Waals surface area contributed by atoms with Gasteiger partial charge in [0.05, 0.1) is 16.3 Å². The number of nitrogens with zero attached hydrogens (tertiary/aromatic N) is 2. The standard InChI is InChI=1S/C25H18ClF3N4O/c1-15-30-22(16-6-3-2-4-7-16)14-23(31-15)32-18-9-5-8-17(12-18)24(34)33-19-10-11-21(26)20(13-19)25(27,28)29/h2-14H,1H3,(H,33,34)(H,30,31,32). The minimum Gasteiger partial charge on any atom is -0.340 e. The summed E-state index contributed by atoms with van der Waals surface area (Å²) in [4.78, 5) is 21.5. The lowest BCUT2D eigenvalue weighted by Gasteiger charge is -2.13. The molecule has 0 fully saturated rings. The van der Waals surface area contributed by atoms with E-state index in [4.69, 9.17) is 11.6 Å². The Morgan fingerprint density at radius 2 is 1.65 bits per heavy atom. The summed E-state index contributed by atoms with van der Waals surface area (Å²) < 4.78 is 39.3. The van der Waals surface area contributed by atoms with E-state index in [1.807, 2.05) is 30.3 Å². The van der Waals surface area contributed by atoms with Crippen LogP contribution in [0.15, 0.2) is 78.9 Å². The Labute approximate surface area is 198 Å². The lowest BCUT2D eigenvalue weighted by molar-refractivity contribution is -0.137. The fourth-order valence-corrected chi connectivity index (χ4v) is 3.52. The van der Waals surface area contributed by atoms with Crippen molar-refractivity contribution in [1.82, 2.24) is 9.97 Å². The number of hydrogen-bond donors (Lipinski definition) is 2. The van der Waals surface area contributed by atoms with Gasteiger partial charge < -0.3 is 10.6 Å². The summed E-state index contributed by atoms with van der Waals surface area (Å²) in [6, 6.07) is 21.2. The van der Waals surface area contributed by atoms with Crippen molar-refractivity contribution in [2.75, 3.05) is 10.6 Å². The second-order valence-corrected chi connectivity index (χ2v) is 7.81. The maximum atomic E-state index is 13.1. The maximum absolute atomic E-state index is 13.1. The minimum atomic E-state index is -4.63. The van der Waals surface area contributed by atoms with E-state index in [1.165, 1.54) is 6.07 Å². The molecule has 0 aliphatic carbocycles. The monoisotopic (exact) mass is 482 g/mol. The van der Waals surface area contributed by atoms with Gasteiger partial charge in [0.1, 0.15) is 11.6 Å². The molecule has 0 saturated heterocycles. The number of alkyl halides is 3. The van der Waals surface area contributed by atoms with Crippen LogP contribution >= 0.6 is 11.6 Å². The molecule has 0 saturated carbocycles. The van der Waals surface area contributed by atoms with Crippen LogP contribution in [0.2, 0.25) is 5.02 Å². The van der Waals surface area contributed by atoms with Gasteiger partial charge in [-0.25, -0.2) is 9.97 Å². The third-order valence-corrected chi connectivity index (χ3v) is 5.16. The molecule has 0 aliphatic rings. The fraction of sp³-hybridized carbons (Fsp3) is 0.0800. The van der Waals surface area contributed by atoms with Crippen molar-refractivity contribution in [3.63, 3.8) is 0 Å². The van der Waals surface area contributed by atoms with Gasteiger partial charge in [0, 0.05) is 28.6 Å². The van der Waals surface area contributed by atoms with Crippen LogP contribution in [0.25, 0.3) is 11.3 Å². The average Bonchev–Trinajstić information content (AvgIpc) is 2.80. The highest BCUT2D eigenvalue weighted by molar-refractivity contribution is 6.31. The first-order valence-electron chi connectivity index (χ1n) is 10.2. The third kappa shape index (κ3) is 5.52. The van der Waals surface area contributed by atoms with Gasteiger partial charge in [-0.15, -0.1) is 0 Å². The average molecular weight is 483 g/mol. The summed E-state index contributed by atoms with van der Waals surface area (Å²) in [7, 11) is 0. The van der Waals surface area contributed by atoms with E-state index < -0.39 is 22.7 Å². The first-order valence-corrected chi connectivity index (χ1v) is 10.5. The molecule has 172 valence electrons. The summed E-state index contributed by atoms with van der Waals surface area (Å²) >= 11 is 5.64. The van der Waals surface area contributed by atoms with Crippen molar-refractivity contribution in [1.29, 1.82) is 0 Å². The molecule has 9 heteroatoms. The maximum Gasteiger partial charge on any atom is 0.417 e. The number of amides is 1. The molecule has 4 rings (SSSR count). The zero-order chi connectivity index (χ0) is 24.3. The number of benzene rings is 3. The van der Waals surface area contributed by atoms with E-state index in [-0.39, 0.29) is 11.3 Å². The Balaban J connectivity index is 1.54. The number of anilines is 3. The molecule has 34 heavy (non-hydrogen) atoms. The second kappa shape index (κ2) is 9.52. The second-order valence-electron chi connectivity index (χ2n) is 7.40. The van der Waals surface area contributed by atoms with Crippen molar-refractivity contribution in [3.05, 3.63) is 101 Å². The topological polar surface area (TPSA) is 66.9 Å². The Kier molecular flexibility index (Phi) is 6.51. The Morgan fingerprint density at radius 1 is 0.882 bits per heavy atom. The molecule has 0 atom stereocenters. The zero-order valence-corrected chi connectivity index (χ0v) is 18.6. The van der Waals surface area contributed by atoms with Gasteiger partial charge in [0.2, 0.25) is 0 Å². The predicted octanol–water partition coefficient (Wildman–Crippen LogP) is 7.12. The highest BCUT2D eigenvalue weighted by atomic mass is 35.5. The number of hydrogen-bond acceptors (Lipinski definition) is 4. The summed E-state index contributed by atoms with van der Waals surface area (Å²) in [6.45, 7) is 1.78. The third-order valence-electron chi connectivity index (χ3n) is 4.83. The molecular weight excluding hydrogens is 465 g/mol. The molecule has 0 spiro atoms. The summed E-state index contributed by atoms with van der Waals surface area (Å²) in [5.41, 5.74) is 1.48. The Bertz CT molecular complexity index is 1340. The van der Waals surface area contributed by atoms with Gasteiger partial charge in [-0.3, -0.25) is 4.79 Å². The number of aryl methyl sites for hydroxylation is 1. The quantitative estimate of drug-likeness (QED) is 0.318. The van der Waals surface area contributed by atoms with E-state index in [1.54, 1.807) is 37.3 Å². The normalized spacial score (nSPS) is 11.2. The van der Waals surface area contributed by atoms with E-state index in [0.29, 0.717) is 17.3 Å². The summed E-state index contributed by atoms with van der Waals surface area (Å²) in [5, 5.41) is 5.19. The van der Waals surface area contributed by atoms with Crippen molar-refractivity contribution in [3.8, 4) is 11.3 Å². The molecular formula is C25H18ClF3N4O. The van der Waals surface area contributed by atoms with Crippen LogP contribution in [0.1, 0.15) is 21.7 Å². The van der Waals surface area contributed by atoms with Crippen LogP contribution in [0.3, 0.4) is 0 Å². The Morgan fingerprint density at radius 3 is 2.38 bits per heavy atom. The zero-order valence-electron chi connectivity index (χ0n) is 17.8. The molecule has 0 aliphatic heterocycles. The van der Waals surface area contributed by atoms with Gasteiger partial charge in [0.15, 0.2) is 0 Å². The first kappa shape index (κ1) is 23.3. The highest BCUT2D eigenvalue weighted by Crippen LogP contribution is 2.36. The molecule has 4 aromatic rings. The number of halogens is 4. The lowest BCUT2D eigenvalue weighted by Crippen LogP contribution is -2.13. The summed E-state index contributed by atoms with van der Waals surface area (Å²) in [5.74, 6) is 0.542. The van der Waals surface area contributed by atoms with Crippen LogP contribution in [-0.2, 0) is 6.18 Å². The molecule has 3 aromatic carbocycles. The number of carbonyl (C=O) groups excluding carboxylic acids is 1. The van der Waals surface area contributed by atoms with Crippen LogP contribution in [-0.4, -0.2) is 15.9 Å². The van der Waals surface area contributed by atoms with Gasteiger partial charge in [-0.2, -0.15) is 13.2 Å². The van der Waals surface area contributed by atoms with Gasteiger partial charge >= 0.3 is 6.18 Å². The van der Waals surface area contributed by atoms with E-state index in [0.717, 1.165) is 23.4 Å². The minimum absolute atomic E-state index is 0.0148. The van der Waals surface area contributed by atoms with Crippen molar-refractivity contribution < 1.29 is 18.0 Å². The van der Waals surface area contributed by atoms with Crippen molar-refractivity contribution in [2.24, 2.45) is 0 Å².